The van der Waals surface area contributed by atoms with E-state index in [1.807, 2.05) is 30.5 Å². The monoisotopic (exact) mass is 356 g/mol. The molecule has 2 fully saturated rings. The Bertz CT molecular complexity index is 828. The SMILES string of the molecule is Cc1nc(-c2cccc(C(=O)N3C[C@H](C(=O)O)[C@@H](C4CC4)C3)c2)cs1. The van der Waals surface area contributed by atoms with Gasteiger partial charge < -0.3 is 10.0 Å². The number of amides is 1. The lowest BCUT2D eigenvalue weighted by Crippen LogP contribution is -2.29. The fourth-order valence-electron chi connectivity index (χ4n) is 3.75. The van der Waals surface area contributed by atoms with Crippen LogP contribution in [0.1, 0.15) is 28.2 Å². The second-order valence-electron chi connectivity index (χ2n) is 6.99. The Hall–Kier alpha value is -2.21. The van der Waals surface area contributed by atoms with Crippen LogP contribution in [0.5, 0.6) is 0 Å². The van der Waals surface area contributed by atoms with Gasteiger partial charge in [0.05, 0.1) is 16.6 Å². The number of carbonyl (C=O) groups excluding carboxylic acids is 1. The van der Waals surface area contributed by atoms with Gasteiger partial charge in [0, 0.05) is 29.6 Å². The van der Waals surface area contributed by atoms with E-state index in [0.717, 1.165) is 29.1 Å². The van der Waals surface area contributed by atoms with Gasteiger partial charge in [0.25, 0.3) is 5.91 Å². The Balaban J connectivity index is 1.56. The Kier molecular flexibility index (Phi) is 4.07. The molecule has 130 valence electrons. The van der Waals surface area contributed by atoms with Crippen LogP contribution < -0.4 is 0 Å². The van der Waals surface area contributed by atoms with Gasteiger partial charge in [0.1, 0.15) is 0 Å². The highest BCUT2D eigenvalue weighted by Gasteiger charge is 2.46. The average molecular weight is 356 g/mol. The minimum absolute atomic E-state index is 0.0804. The van der Waals surface area contributed by atoms with Crippen LogP contribution in [0.4, 0.5) is 0 Å². The lowest BCUT2D eigenvalue weighted by Gasteiger charge is -2.16. The lowest BCUT2D eigenvalue weighted by molar-refractivity contribution is -0.142. The van der Waals surface area contributed by atoms with Crippen molar-refractivity contribution in [3.8, 4) is 11.3 Å². The van der Waals surface area contributed by atoms with E-state index >= 15 is 0 Å². The molecule has 1 aromatic carbocycles. The summed E-state index contributed by atoms with van der Waals surface area (Å²) in [4.78, 5) is 30.6. The molecule has 1 saturated heterocycles. The molecule has 2 aliphatic rings. The molecular weight excluding hydrogens is 336 g/mol. The topological polar surface area (TPSA) is 70.5 Å². The number of benzene rings is 1. The van der Waals surface area contributed by atoms with Gasteiger partial charge in [-0.25, -0.2) is 4.98 Å². The third kappa shape index (κ3) is 3.18. The van der Waals surface area contributed by atoms with Crippen LogP contribution in [0.3, 0.4) is 0 Å². The quantitative estimate of drug-likeness (QED) is 0.912. The van der Waals surface area contributed by atoms with Gasteiger partial charge in [-0.15, -0.1) is 11.3 Å². The van der Waals surface area contributed by atoms with Crippen molar-refractivity contribution in [3.05, 3.63) is 40.2 Å². The molecule has 2 atom stereocenters. The molecule has 0 radical (unpaired) electrons. The summed E-state index contributed by atoms with van der Waals surface area (Å²) in [6.45, 7) is 2.83. The van der Waals surface area contributed by atoms with E-state index in [2.05, 4.69) is 4.98 Å². The first-order chi connectivity index (χ1) is 12.0. The Labute approximate surface area is 150 Å². The van der Waals surface area contributed by atoms with Crippen LogP contribution in [0.15, 0.2) is 29.6 Å². The van der Waals surface area contributed by atoms with Crippen molar-refractivity contribution in [1.82, 2.24) is 9.88 Å². The summed E-state index contributed by atoms with van der Waals surface area (Å²) in [6.07, 6.45) is 2.18. The van der Waals surface area contributed by atoms with E-state index in [1.165, 1.54) is 0 Å². The molecule has 1 aliphatic carbocycles. The van der Waals surface area contributed by atoms with Gasteiger partial charge >= 0.3 is 5.97 Å². The van der Waals surface area contributed by atoms with Crippen LogP contribution in [-0.2, 0) is 4.79 Å². The van der Waals surface area contributed by atoms with Gasteiger partial charge in [0.2, 0.25) is 0 Å². The van der Waals surface area contributed by atoms with E-state index in [4.69, 9.17) is 0 Å². The van der Waals surface area contributed by atoms with Gasteiger partial charge in [-0.1, -0.05) is 12.1 Å². The van der Waals surface area contributed by atoms with Gasteiger partial charge in [-0.3, -0.25) is 9.59 Å². The Morgan fingerprint density at radius 2 is 2.08 bits per heavy atom. The highest BCUT2D eigenvalue weighted by Crippen LogP contribution is 2.44. The number of carbonyl (C=O) groups is 2. The van der Waals surface area contributed by atoms with Crippen molar-refractivity contribution >= 4 is 23.2 Å². The zero-order chi connectivity index (χ0) is 17.6. The van der Waals surface area contributed by atoms with E-state index in [9.17, 15) is 14.7 Å². The van der Waals surface area contributed by atoms with Gasteiger partial charge in [0.15, 0.2) is 0 Å². The van der Waals surface area contributed by atoms with Crippen LogP contribution in [0.2, 0.25) is 0 Å². The number of aliphatic carboxylic acids is 1. The molecule has 5 nitrogen and oxygen atoms in total. The number of carboxylic acid groups (broad SMARTS) is 1. The summed E-state index contributed by atoms with van der Waals surface area (Å²) >= 11 is 1.58. The predicted molar refractivity (Wildman–Crippen MR) is 95.5 cm³/mol. The van der Waals surface area contributed by atoms with Crippen LogP contribution in [0.25, 0.3) is 11.3 Å². The minimum atomic E-state index is -0.779. The second-order valence-corrected chi connectivity index (χ2v) is 8.05. The van der Waals surface area contributed by atoms with Crippen molar-refractivity contribution in [2.24, 2.45) is 17.8 Å². The Morgan fingerprint density at radius 1 is 1.28 bits per heavy atom. The maximum absolute atomic E-state index is 12.9. The molecule has 25 heavy (non-hydrogen) atoms. The molecular formula is C19H20N2O3S. The van der Waals surface area contributed by atoms with E-state index in [-0.39, 0.29) is 11.8 Å². The molecule has 1 N–H and O–H groups in total. The molecule has 0 spiro atoms. The third-order valence-electron chi connectivity index (χ3n) is 5.22. The number of rotatable bonds is 4. The third-order valence-corrected chi connectivity index (χ3v) is 5.99. The van der Waals surface area contributed by atoms with Crippen LogP contribution in [-0.4, -0.2) is 40.0 Å². The normalized spacial score (nSPS) is 23.0. The largest absolute Gasteiger partial charge is 0.481 e. The van der Waals surface area contributed by atoms with Crippen molar-refractivity contribution < 1.29 is 14.7 Å². The molecule has 1 aliphatic heterocycles. The molecule has 1 amide bonds. The minimum Gasteiger partial charge on any atom is -0.481 e. The number of aromatic nitrogens is 1. The van der Waals surface area contributed by atoms with E-state index in [1.54, 1.807) is 22.3 Å². The van der Waals surface area contributed by atoms with Crippen molar-refractivity contribution in [2.75, 3.05) is 13.1 Å². The molecule has 0 unspecified atom stereocenters. The number of carboxylic acids is 1. The fourth-order valence-corrected chi connectivity index (χ4v) is 4.37. The molecule has 4 rings (SSSR count). The fraction of sp³-hybridized carbons (Fsp3) is 0.421. The molecule has 2 aromatic rings. The first kappa shape index (κ1) is 16.3. The summed E-state index contributed by atoms with van der Waals surface area (Å²) in [7, 11) is 0. The average Bonchev–Trinajstić information content (AvgIpc) is 3.20. The number of thiazole rings is 1. The maximum atomic E-state index is 12.9. The number of hydrogen-bond donors (Lipinski definition) is 1. The number of aryl methyl sites for hydroxylation is 1. The van der Waals surface area contributed by atoms with Crippen molar-refractivity contribution in [2.45, 2.75) is 19.8 Å². The highest BCUT2D eigenvalue weighted by atomic mass is 32.1. The summed E-state index contributed by atoms with van der Waals surface area (Å²) in [5.41, 5.74) is 2.39. The summed E-state index contributed by atoms with van der Waals surface area (Å²) in [6, 6.07) is 7.46. The summed E-state index contributed by atoms with van der Waals surface area (Å²) in [5, 5.41) is 12.5. The lowest BCUT2D eigenvalue weighted by atomic mass is 9.92. The smallest absolute Gasteiger partial charge is 0.308 e. The molecule has 2 heterocycles. The first-order valence-corrected chi connectivity index (χ1v) is 9.45. The maximum Gasteiger partial charge on any atom is 0.308 e. The second kappa shape index (κ2) is 6.26. The van der Waals surface area contributed by atoms with Crippen LogP contribution >= 0.6 is 11.3 Å². The van der Waals surface area contributed by atoms with Gasteiger partial charge in [-0.2, -0.15) is 0 Å². The first-order valence-electron chi connectivity index (χ1n) is 8.57. The number of likely N-dealkylation sites (tertiary alicyclic amines) is 1. The van der Waals surface area contributed by atoms with Crippen molar-refractivity contribution in [1.29, 1.82) is 0 Å². The zero-order valence-corrected chi connectivity index (χ0v) is 14.8. The van der Waals surface area contributed by atoms with E-state index in [0.29, 0.717) is 24.6 Å². The molecule has 6 heteroatoms. The molecule has 1 saturated carbocycles. The van der Waals surface area contributed by atoms with Crippen molar-refractivity contribution in [3.63, 3.8) is 0 Å². The van der Waals surface area contributed by atoms with Gasteiger partial charge in [-0.05, 0) is 43.7 Å². The predicted octanol–water partition coefficient (Wildman–Crippen LogP) is 3.30. The van der Waals surface area contributed by atoms with Crippen LogP contribution in [0, 0.1) is 24.7 Å². The summed E-state index contributed by atoms with van der Waals surface area (Å²) in [5.74, 6) is -0.711. The number of nitrogens with zero attached hydrogens (tertiary/aromatic N) is 2. The summed E-state index contributed by atoms with van der Waals surface area (Å²) < 4.78 is 0. The van der Waals surface area contributed by atoms with E-state index < -0.39 is 11.9 Å². The standard InChI is InChI=1S/C19H20N2O3S/c1-11-20-17(10-25-11)13-3-2-4-14(7-13)18(22)21-8-15(12-5-6-12)16(9-21)19(23)24/h2-4,7,10,12,15-16H,5-6,8-9H2,1H3,(H,23,24)/t15-,16+/m1/s1. The Morgan fingerprint density at radius 3 is 2.72 bits per heavy atom. The zero-order valence-electron chi connectivity index (χ0n) is 14.0. The molecule has 0 bridgehead atoms. The number of hydrogen-bond acceptors (Lipinski definition) is 4. The molecule has 1 aromatic heterocycles. The highest BCUT2D eigenvalue weighted by molar-refractivity contribution is 7.09.